The molecule has 0 spiro atoms. The predicted octanol–water partition coefficient (Wildman–Crippen LogP) is 0.656. The second-order valence-electron chi connectivity index (χ2n) is 2.65. The van der Waals surface area contributed by atoms with E-state index in [0.29, 0.717) is 0 Å². The van der Waals surface area contributed by atoms with Crippen LogP contribution in [-0.2, 0) is 0 Å². The van der Waals surface area contributed by atoms with Crippen LogP contribution in [0.3, 0.4) is 0 Å². The molecule has 1 heterocycles. The van der Waals surface area contributed by atoms with Crippen LogP contribution < -0.4 is 5.32 Å². The summed E-state index contributed by atoms with van der Waals surface area (Å²) in [4.78, 5) is 2.95. The number of likely N-dealkylation sites (N-methyl/N-ethyl adjacent to an activating group) is 1. The average Bonchev–Trinajstić information content (AvgIpc) is 2.40. The van der Waals surface area contributed by atoms with Crippen molar-refractivity contribution in [2.24, 2.45) is 0 Å². The van der Waals surface area contributed by atoms with Gasteiger partial charge in [0.2, 0.25) is 0 Å². The van der Waals surface area contributed by atoms with Gasteiger partial charge in [0.15, 0.2) is 0 Å². The van der Waals surface area contributed by atoms with Gasteiger partial charge in [-0.25, -0.2) is 0 Å². The van der Waals surface area contributed by atoms with Crippen LogP contribution in [0, 0.1) is 0 Å². The summed E-state index contributed by atoms with van der Waals surface area (Å²) in [7, 11) is 1.84. The maximum atomic E-state index is 9.31. The smallest absolute Gasteiger partial charge is 0.0707 e. The Labute approximate surface area is 66.4 Å². The van der Waals surface area contributed by atoms with Gasteiger partial charge in [-0.05, 0) is 25.6 Å². The molecule has 2 atom stereocenters. The SMILES string of the molecule is CNC(c1cc[nH]c1)C(C)O. The first-order chi connectivity index (χ1) is 5.25. The van der Waals surface area contributed by atoms with Gasteiger partial charge >= 0.3 is 0 Å². The monoisotopic (exact) mass is 154 g/mol. The fraction of sp³-hybridized carbons (Fsp3) is 0.500. The Morgan fingerprint density at radius 2 is 2.36 bits per heavy atom. The molecule has 2 unspecified atom stereocenters. The van der Waals surface area contributed by atoms with Crippen molar-refractivity contribution in [3.8, 4) is 0 Å². The largest absolute Gasteiger partial charge is 0.391 e. The quantitative estimate of drug-likeness (QED) is 0.599. The lowest BCUT2D eigenvalue weighted by atomic mass is 10.1. The molecule has 1 aromatic heterocycles. The molecule has 1 rings (SSSR count). The molecular formula is C8H14N2O. The summed E-state index contributed by atoms with van der Waals surface area (Å²) in [6.07, 6.45) is 3.37. The van der Waals surface area contributed by atoms with Crippen LogP contribution in [0.2, 0.25) is 0 Å². The van der Waals surface area contributed by atoms with Gasteiger partial charge in [0.05, 0.1) is 12.1 Å². The number of aromatic amines is 1. The van der Waals surface area contributed by atoms with E-state index in [2.05, 4.69) is 10.3 Å². The summed E-state index contributed by atoms with van der Waals surface area (Å²) >= 11 is 0. The summed E-state index contributed by atoms with van der Waals surface area (Å²) in [6, 6.07) is 1.98. The molecule has 0 aliphatic heterocycles. The van der Waals surface area contributed by atoms with E-state index in [1.54, 1.807) is 6.92 Å². The number of aliphatic hydroxyl groups is 1. The highest BCUT2D eigenvalue weighted by atomic mass is 16.3. The first kappa shape index (κ1) is 8.30. The topological polar surface area (TPSA) is 48.0 Å². The van der Waals surface area contributed by atoms with Crippen LogP contribution in [-0.4, -0.2) is 23.2 Å². The van der Waals surface area contributed by atoms with Crippen molar-refractivity contribution >= 4 is 0 Å². The van der Waals surface area contributed by atoms with Crippen LogP contribution >= 0.6 is 0 Å². The molecule has 0 aromatic carbocycles. The summed E-state index contributed by atoms with van der Waals surface area (Å²) in [5.41, 5.74) is 1.09. The molecule has 0 amide bonds. The van der Waals surface area contributed by atoms with Crippen molar-refractivity contribution in [2.75, 3.05) is 7.05 Å². The van der Waals surface area contributed by atoms with Crippen molar-refractivity contribution in [2.45, 2.75) is 19.1 Å². The molecule has 0 bridgehead atoms. The lowest BCUT2D eigenvalue weighted by Crippen LogP contribution is -2.26. The molecule has 62 valence electrons. The number of rotatable bonds is 3. The van der Waals surface area contributed by atoms with Crippen LogP contribution in [0.15, 0.2) is 18.5 Å². The maximum absolute atomic E-state index is 9.31. The molecule has 1 aromatic rings. The van der Waals surface area contributed by atoms with Crippen molar-refractivity contribution < 1.29 is 5.11 Å². The van der Waals surface area contributed by atoms with Crippen LogP contribution in [0.25, 0.3) is 0 Å². The molecular weight excluding hydrogens is 140 g/mol. The van der Waals surface area contributed by atoms with Crippen LogP contribution in [0.5, 0.6) is 0 Å². The third kappa shape index (κ3) is 1.82. The van der Waals surface area contributed by atoms with E-state index >= 15 is 0 Å². The van der Waals surface area contributed by atoms with Crippen molar-refractivity contribution in [3.63, 3.8) is 0 Å². The fourth-order valence-electron chi connectivity index (χ4n) is 1.22. The van der Waals surface area contributed by atoms with Crippen LogP contribution in [0.1, 0.15) is 18.5 Å². The van der Waals surface area contributed by atoms with E-state index in [1.807, 2.05) is 25.5 Å². The van der Waals surface area contributed by atoms with Gasteiger partial charge in [-0.3, -0.25) is 0 Å². The molecule has 0 saturated carbocycles. The number of hydrogen-bond donors (Lipinski definition) is 3. The minimum atomic E-state index is -0.365. The summed E-state index contributed by atoms with van der Waals surface area (Å²) in [6.45, 7) is 1.77. The number of aliphatic hydroxyl groups excluding tert-OH is 1. The van der Waals surface area contributed by atoms with Gasteiger partial charge < -0.3 is 15.4 Å². The Morgan fingerprint density at radius 3 is 2.73 bits per heavy atom. The maximum Gasteiger partial charge on any atom is 0.0707 e. The number of nitrogens with one attached hydrogen (secondary N) is 2. The Morgan fingerprint density at radius 1 is 1.64 bits per heavy atom. The van der Waals surface area contributed by atoms with Gasteiger partial charge in [0.25, 0.3) is 0 Å². The second kappa shape index (κ2) is 3.55. The Kier molecular flexibility index (Phi) is 2.68. The lowest BCUT2D eigenvalue weighted by molar-refractivity contribution is 0.150. The van der Waals surface area contributed by atoms with Crippen molar-refractivity contribution in [1.29, 1.82) is 0 Å². The molecule has 3 N–H and O–H groups in total. The highest BCUT2D eigenvalue weighted by molar-refractivity contribution is 5.14. The van der Waals surface area contributed by atoms with E-state index in [4.69, 9.17) is 0 Å². The summed E-state index contributed by atoms with van der Waals surface area (Å²) in [5.74, 6) is 0. The average molecular weight is 154 g/mol. The number of hydrogen-bond acceptors (Lipinski definition) is 2. The first-order valence-corrected chi connectivity index (χ1v) is 3.73. The molecule has 0 aliphatic rings. The van der Waals surface area contributed by atoms with E-state index in [-0.39, 0.29) is 12.1 Å². The highest BCUT2D eigenvalue weighted by Crippen LogP contribution is 2.14. The Bertz CT molecular complexity index is 194. The van der Waals surface area contributed by atoms with Crippen LogP contribution in [0.4, 0.5) is 0 Å². The third-order valence-electron chi connectivity index (χ3n) is 1.77. The molecule has 11 heavy (non-hydrogen) atoms. The number of H-pyrrole nitrogens is 1. The zero-order valence-electron chi connectivity index (χ0n) is 6.83. The molecule has 3 heteroatoms. The number of aromatic nitrogens is 1. The second-order valence-corrected chi connectivity index (χ2v) is 2.65. The summed E-state index contributed by atoms with van der Waals surface area (Å²) < 4.78 is 0. The minimum Gasteiger partial charge on any atom is -0.391 e. The minimum absolute atomic E-state index is 0.0289. The van der Waals surface area contributed by atoms with E-state index in [1.165, 1.54) is 0 Å². The lowest BCUT2D eigenvalue weighted by Gasteiger charge is -2.17. The first-order valence-electron chi connectivity index (χ1n) is 3.73. The Balaban J connectivity index is 2.71. The molecule has 0 fully saturated rings. The highest BCUT2D eigenvalue weighted by Gasteiger charge is 2.14. The van der Waals surface area contributed by atoms with Gasteiger partial charge in [0.1, 0.15) is 0 Å². The third-order valence-corrected chi connectivity index (χ3v) is 1.77. The molecule has 0 aliphatic carbocycles. The van der Waals surface area contributed by atoms with E-state index in [9.17, 15) is 5.11 Å². The summed E-state index contributed by atoms with van der Waals surface area (Å²) in [5, 5.41) is 12.3. The van der Waals surface area contributed by atoms with Gasteiger partial charge in [-0.2, -0.15) is 0 Å². The molecule has 0 saturated heterocycles. The zero-order valence-corrected chi connectivity index (χ0v) is 6.83. The normalized spacial score (nSPS) is 16.3. The Hall–Kier alpha value is -0.800. The molecule has 3 nitrogen and oxygen atoms in total. The fourth-order valence-corrected chi connectivity index (χ4v) is 1.22. The molecule has 0 radical (unpaired) electrons. The van der Waals surface area contributed by atoms with Crippen molar-refractivity contribution in [3.05, 3.63) is 24.0 Å². The van der Waals surface area contributed by atoms with E-state index < -0.39 is 0 Å². The van der Waals surface area contributed by atoms with Gasteiger partial charge in [-0.15, -0.1) is 0 Å². The van der Waals surface area contributed by atoms with Gasteiger partial charge in [-0.1, -0.05) is 0 Å². The van der Waals surface area contributed by atoms with Gasteiger partial charge in [0, 0.05) is 12.4 Å². The predicted molar refractivity (Wildman–Crippen MR) is 44.3 cm³/mol. The standard InChI is InChI=1S/C8H14N2O/c1-6(11)8(9-2)7-3-4-10-5-7/h3-6,8-11H,1-2H3. The zero-order chi connectivity index (χ0) is 8.27. The van der Waals surface area contributed by atoms with Crippen molar-refractivity contribution in [1.82, 2.24) is 10.3 Å². The van der Waals surface area contributed by atoms with E-state index in [0.717, 1.165) is 5.56 Å².